The minimum Gasteiger partial charge on any atom is -0.325 e. The molecular weight excluding hydrogens is 435 g/mol. The third-order valence-corrected chi connectivity index (χ3v) is 5.37. The molecule has 0 bridgehead atoms. The van der Waals surface area contributed by atoms with Crippen LogP contribution >= 0.6 is 23.4 Å². The fourth-order valence-electron chi connectivity index (χ4n) is 2.55. The first kappa shape index (κ1) is 22.1. The summed E-state index contributed by atoms with van der Waals surface area (Å²) in [5, 5.41) is 2.33. The molecule has 0 saturated carbocycles. The van der Waals surface area contributed by atoms with Crippen molar-refractivity contribution >= 4 is 35.0 Å². The highest BCUT2D eigenvalue weighted by Crippen LogP contribution is 2.33. The van der Waals surface area contributed by atoms with Crippen LogP contribution in [-0.4, -0.2) is 21.1 Å². The van der Waals surface area contributed by atoms with Gasteiger partial charge in [0, 0.05) is 16.3 Å². The van der Waals surface area contributed by atoms with E-state index in [-0.39, 0.29) is 10.9 Å². The molecule has 3 rings (SSSR count). The predicted octanol–water partition coefficient (Wildman–Crippen LogP) is 6.24. The molecule has 30 heavy (non-hydrogen) atoms. The van der Waals surface area contributed by atoms with Crippen LogP contribution in [0.4, 0.5) is 18.9 Å². The Bertz CT molecular complexity index is 1060. The quantitative estimate of drug-likeness (QED) is 0.368. The molecule has 1 N–H and O–H groups in total. The summed E-state index contributed by atoms with van der Waals surface area (Å²) in [6.45, 7) is 3.39. The maximum absolute atomic E-state index is 13.3. The summed E-state index contributed by atoms with van der Waals surface area (Å²) in [5.41, 5.74) is 0.955. The lowest BCUT2D eigenvalue weighted by atomic mass is 10.1. The van der Waals surface area contributed by atoms with Gasteiger partial charge < -0.3 is 5.32 Å². The second-order valence-corrected chi connectivity index (χ2v) is 8.24. The molecule has 0 radical (unpaired) electrons. The summed E-state index contributed by atoms with van der Waals surface area (Å²) in [5.74, 6) is -0.396. The van der Waals surface area contributed by atoms with Gasteiger partial charge in [0.1, 0.15) is 5.69 Å². The average molecular weight is 452 g/mol. The third kappa shape index (κ3) is 5.52. The van der Waals surface area contributed by atoms with Crippen molar-refractivity contribution < 1.29 is 18.0 Å². The van der Waals surface area contributed by atoms with Crippen molar-refractivity contribution in [3.63, 3.8) is 0 Å². The smallest absolute Gasteiger partial charge is 0.325 e. The number of anilines is 1. The molecule has 1 amide bonds. The number of alkyl halides is 3. The summed E-state index contributed by atoms with van der Waals surface area (Å²) >= 11 is 6.82. The number of thioether (sulfide) groups is 1. The van der Waals surface area contributed by atoms with E-state index in [0.29, 0.717) is 16.3 Å². The third-order valence-electron chi connectivity index (χ3n) is 4.17. The van der Waals surface area contributed by atoms with Gasteiger partial charge in [0.2, 0.25) is 5.91 Å². The van der Waals surface area contributed by atoms with Gasteiger partial charge in [0.25, 0.3) is 0 Å². The zero-order valence-electron chi connectivity index (χ0n) is 16.0. The molecule has 2 aromatic carbocycles. The van der Waals surface area contributed by atoms with Crippen LogP contribution in [0.15, 0.2) is 59.8 Å². The van der Waals surface area contributed by atoms with E-state index < -0.39 is 23.0 Å². The van der Waals surface area contributed by atoms with Crippen molar-refractivity contribution in [3.8, 4) is 11.3 Å². The zero-order valence-corrected chi connectivity index (χ0v) is 17.6. The highest BCUT2D eigenvalue weighted by atomic mass is 35.5. The maximum atomic E-state index is 13.3. The van der Waals surface area contributed by atoms with Gasteiger partial charge in [-0.15, -0.1) is 0 Å². The molecule has 0 saturated heterocycles. The van der Waals surface area contributed by atoms with E-state index in [1.54, 1.807) is 55.5 Å². The molecular formula is C21H17ClF3N3OS. The predicted molar refractivity (Wildman–Crippen MR) is 113 cm³/mol. The van der Waals surface area contributed by atoms with E-state index in [4.69, 9.17) is 11.6 Å². The Labute approximate surface area is 180 Å². The molecule has 0 aliphatic carbocycles. The van der Waals surface area contributed by atoms with Crippen LogP contribution in [0.1, 0.15) is 18.2 Å². The fraction of sp³-hybridized carbons (Fsp3) is 0.190. The van der Waals surface area contributed by atoms with Gasteiger partial charge in [-0.2, -0.15) is 13.2 Å². The number of hydrogen-bond acceptors (Lipinski definition) is 4. The Morgan fingerprint density at radius 3 is 2.47 bits per heavy atom. The minimum atomic E-state index is -4.63. The number of carbonyl (C=O) groups excluding carboxylic acids is 1. The van der Waals surface area contributed by atoms with Crippen LogP contribution in [0.5, 0.6) is 0 Å². The summed E-state index contributed by atoms with van der Waals surface area (Å²) < 4.78 is 40.0. The number of aromatic nitrogens is 2. The first-order chi connectivity index (χ1) is 14.1. The molecule has 1 atom stereocenters. The largest absolute Gasteiger partial charge is 0.433 e. The Hall–Kier alpha value is -2.58. The first-order valence-electron chi connectivity index (χ1n) is 8.89. The molecule has 9 heteroatoms. The van der Waals surface area contributed by atoms with Gasteiger partial charge in [-0.25, -0.2) is 9.97 Å². The SMILES string of the molecule is Cc1ccc(Cl)cc1NC(=O)C(C)Sc1nc(-c2ccccc2)cc(C(F)(F)F)n1. The van der Waals surface area contributed by atoms with E-state index in [1.165, 1.54) is 0 Å². The van der Waals surface area contributed by atoms with Crippen LogP contribution in [0, 0.1) is 6.92 Å². The second-order valence-electron chi connectivity index (χ2n) is 6.49. The number of rotatable bonds is 5. The van der Waals surface area contributed by atoms with E-state index in [1.807, 2.05) is 6.92 Å². The highest BCUT2D eigenvalue weighted by molar-refractivity contribution is 8.00. The molecule has 156 valence electrons. The Morgan fingerprint density at radius 1 is 1.10 bits per heavy atom. The number of nitrogens with one attached hydrogen (secondary N) is 1. The van der Waals surface area contributed by atoms with Crippen LogP contribution in [0.3, 0.4) is 0 Å². The maximum Gasteiger partial charge on any atom is 0.433 e. The number of amides is 1. The summed E-state index contributed by atoms with van der Waals surface area (Å²) in [7, 11) is 0. The molecule has 0 spiro atoms. The van der Waals surface area contributed by atoms with Crippen molar-refractivity contribution in [2.45, 2.75) is 30.4 Å². The molecule has 1 unspecified atom stereocenters. The van der Waals surface area contributed by atoms with Crippen molar-refractivity contribution in [2.24, 2.45) is 0 Å². The Morgan fingerprint density at radius 2 is 1.80 bits per heavy atom. The minimum absolute atomic E-state index is 0.130. The van der Waals surface area contributed by atoms with Crippen LogP contribution in [-0.2, 0) is 11.0 Å². The number of nitrogens with zero attached hydrogens (tertiary/aromatic N) is 2. The molecule has 0 aliphatic heterocycles. The van der Waals surface area contributed by atoms with Crippen molar-refractivity contribution in [1.82, 2.24) is 9.97 Å². The molecule has 0 aliphatic rings. The zero-order chi connectivity index (χ0) is 21.9. The van der Waals surface area contributed by atoms with E-state index in [2.05, 4.69) is 15.3 Å². The monoisotopic (exact) mass is 451 g/mol. The van der Waals surface area contributed by atoms with E-state index in [0.717, 1.165) is 23.4 Å². The van der Waals surface area contributed by atoms with E-state index in [9.17, 15) is 18.0 Å². The molecule has 3 aromatic rings. The summed E-state index contributed by atoms with van der Waals surface area (Å²) in [6, 6.07) is 14.5. The number of halogens is 4. The summed E-state index contributed by atoms with van der Waals surface area (Å²) in [4.78, 5) is 20.4. The van der Waals surface area contributed by atoms with Crippen molar-refractivity contribution in [3.05, 3.63) is 70.9 Å². The van der Waals surface area contributed by atoms with Gasteiger partial charge >= 0.3 is 6.18 Å². The molecule has 4 nitrogen and oxygen atoms in total. The first-order valence-corrected chi connectivity index (χ1v) is 10.1. The number of benzene rings is 2. The van der Waals surface area contributed by atoms with Gasteiger partial charge in [-0.3, -0.25) is 4.79 Å². The van der Waals surface area contributed by atoms with Crippen LogP contribution in [0.2, 0.25) is 5.02 Å². The lowest BCUT2D eigenvalue weighted by molar-refractivity contribution is -0.141. The van der Waals surface area contributed by atoms with Gasteiger partial charge in [-0.05, 0) is 37.6 Å². The van der Waals surface area contributed by atoms with E-state index >= 15 is 0 Å². The van der Waals surface area contributed by atoms with Crippen LogP contribution < -0.4 is 5.32 Å². The van der Waals surface area contributed by atoms with Gasteiger partial charge in [-0.1, -0.05) is 59.8 Å². The second kappa shape index (κ2) is 9.06. The average Bonchev–Trinajstić information content (AvgIpc) is 2.70. The lowest BCUT2D eigenvalue weighted by Crippen LogP contribution is -2.23. The molecule has 1 heterocycles. The Kier molecular flexibility index (Phi) is 6.67. The number of aryl methyl sites for hydroxylation is 1. The highest BCUT2D eigenvalue weighted by Gasteiger charge is 2.34. The standard InChI is InChI=1S/C21H17ClF3N3OS/c1-12-8-9-15(22)10-16(12)26-19(29)13(2)30-20-27-17(14-6-4-3-5-7-14)11-18(28-20)21(23,24)25/h3-11,13H,1-2H3,(H,26,29). The van der Waals surface area contributed by atoms with Gasteiger partial charge in [0.05, 0.1) is 10.9 Å². The van der Waals surface area contributed by atoms with Crippen molar-refractivity contribution in [2.75, 3.05) is 5.32 Å². The molecule has 0 fully saturated rings. The summed E-state index contributed by atoms with van der Waals surface area (Å²) in [6.07, 6.45) is -4.63. The van der Waals surface area contributed by atoms with Crippen LogP contribution in [0.25, 0.3) is 11.3 Å². The number of carbonyl (C=O) groups is 1. The normalized spacial score (nSPS) is 12.5. The number of hydrogen-bond donors (Lipinski definition) is 1. The molecule has 1 aromatic heterocycles. The van der Waals surface area contributed by atoms with Crippen molar-refractivity contribution in [1.29, 1.82) is 0 Å². The topological polar surface area (TPSA) is 54.9 Å². The Balaban J connectivity index is 1.85. The van der Waals surface area contributed by atoms with Gasteiger partial charge in [0.15, 0.2) is 5.16 Å². The lowest BCUT2D eigenvalue weighted by Gasteiger charge is -2.15. The fourth-order valence-corrected chi connectivity index (χ4v) is 3.51.